The van der Waals surface area contributed by atoms with Crippen LogP contribution in [0.2, 0.25) is 0 Å². The zero-order chi connectivity index (χ0) is 16.9. The van der Waals surface area contributed by atoms with E-state index in [1.807, 2.05) is 4.90 Å². The zero-order valence-corrected chi connectivity index (χ0v) is 14.6. The molecule has 1 N–H and O–H groups in total. The fraction of sp³-hybridized carbons (Fsp3) is 0.533. The van der Waals surface area contributed by atoms with Gasteiger partial charge in [-0.1, -0.05) is 12.1 Å². The Morgan fingerprint density at radius 1 is 1.48 bits per heavy atom. The number of halogens is 1. The van der Waals surface area contributed by atoms with Gasteiger partial charge in [0.05, 0.1) is 17.2 Å². The van der Waals surface area contributed by atoms with E-state index in [1.165, 1.54) is 6.07 Å². The highest BCUT2D eigenvalue weighted by Gasteiger charge is 2.33. The van der Waals surface area contributed by atoms with Crippen LogP contribution in [0.3, 0.4) is 0 Å². The molecule has 1 saturated heterocycles. The Bertz CT molecular complexity index is 652. The molecule has 1 aliphatic heterocycles. The maximum atomic E-state index is 13.8. The van der Waals surface area contributed by atoms with Gasteiger partial charge in [0.1, 0.15) is 5.82 Å². The van der Waals surface area contributed by atoms with Crippen molar-refractivity contribution in [2.75, 3.05) is 37.1 Å². The lowest BCUT2D eigenvalue weighted by Crippen LogP contribution is -2.44. The fourth-order valence-corrected chi connectivity index (χ4v) is 4.68. The Morgan fingerprint density at radius 2 is 2.22 bits per heavy atom. The first kappa shape index (κ1) is 18.1. The minimum absolute atomic E-state index is 0.0824. The number of benzene rings is 1. The number of sulfone groups is 1. The molecule has 0 bridgehead atoms. The summed E-state index contributed by atoms with van der Waals surface area (Å²) >= 11 is 5.39. The van der Waals surface area contributed by atoms with Crippen molar-refractivity contribution in [1.29, 1.82) is 0 Å². The summed E-state index contributed by atoms with van der Waals surface area (Å²) in [7, 11) is -1.41. The maximum absolute atomic E-state index is 13.8. The molecule has 1 aromatic carbocycles. The first-order chi connectivity index (χ1) is 10.9. The van der Waals surface area contributed by atoms with Gasteiger partial charge in [0.15, 0.2) is 14.9 Å². The van der Waals surface area contributed by atoms with Gasteiger partial charge in [-0.2, -0.15) is 0 Å². The van der Waals surface area contributed by atoms with E-state index in [0.717, 1.165) is 0 Å². The lowest BCUT2D eigenvalue weighted by Gasteiger charge is -2.31. The Labute approximate surface area is 141 Å². The molecule has 0 amide bonds. The van der Waals surface area contributed by atoms with Crippen LogP contribution in [0, 0.1) is 5.82 Å². The van der Waals surface area contributed by atoms with Crippen LogP contribution in [0.25, 0.3) is 0 Å². The van der Waals surface area contributed by atoms with Crippen LogP contribution in [-0.4, -0.2) is 56.2 Å². The van der Waals surface area contributed by atoms with Crippen molar-refractivity contribution in [3.63, 3.8) is 0 Å². The van der Waals surface area contributed by atoms with Crippen LogP contribution in [0.4, 0.5) is 10.1 Å². The molecule has 1 atom stereocenters. The molecule has 128 valence electrons. The molecule has 0 spiro atoms. The number of para-hydroxylation sites is 1. The number of hydrogen-bond acceptors (Lipinski definition) is 4. The monoisotopic (exact) mass is 360 g/mol. The standard InChI is InChI=1S/C15H21FN2O3S2/c1-21-9-4-8-18(12-7-10-23(19,20)11-12)15(22)17-14-6-3-2-5-13(14)16/h2-3,5-6,12H,4,7-11H2,1H3,(H,17,22)/t12-/m0/s1. The van der Waals surface area contributed by atoms with Crippen molar-refractivity contribution >= 4 is 32.9 Å². The van der Waals surface area contributed by atoms with Crippen molar-refractivity contribution in [2.24, 2.45) is 0 Å². The van der Waals surface area contributed by atoms with Crippen molar-refractivity contribution in [3.8, 4) is 0 Å². The third-order valence-electron chi connectivity index (χ3n) is 3.77. The number of thiocarbonyl (C=S) groups is 1. The van der Waals surface area contributed by atoms with Gasteiger partial charge in [0.25, 0.3) is 0 Å². The van der Waals surface area contributed by atoms with Gasteiger partial charge in [0.2, 0.25) is 0 Å². The summed E-state index contributed by atoms with van der Waals surface area (Å²) in [5, 5.41) is 3.23. The number of rotatable bonds is 6. The van der Waals surface area contributed by atoms with Crippen LogP contribution >= 0.6 is 12.2 Å². The third-order valence-corrected chi connectivity index (χ3v) is 5.86. The Hall–Kier alpha value is -1.25. The van der Waals surface area contributed by atoms with E-state index in [-0.39, 0.29) is 23.2 Å². The summed E-state index contributed by atoms with van der Waals surface area (Å²) in [5.41, 5.74) is 0.287. The molecule has 0 unspecified atom stereocenters. The van der Waals surface area contributed by atoms with Crippen LogP contribution in [0.15, 0.2) is 24.3 Å². The first-order valence-electron chi connectivity index (χ1n) is 7.44. The molecule has 5 nitrogen and oxygen atoms in total. The highest BCUT2D eigenvalue weighted by atomic mass is 32.2. The van der Waals surface area contributed by atoms with Gasteiger partial charge in [-0.15, -0.1) is 0 Å². The lowest BCUT2D eigenvalue weighted by atomic mass is 10.2. The van der Waals surface area contributed by atoms with Gasteiger partial charge in [-0.25, -0.2) is 12.8 Å². The van der Waals surface area contributed by atoms with Gasteiger partial charge in [-0.3, -0.25) is 0 Å². The van der Waals surface area contributed by atoms with E-state index < -0.39 is 15.7 Å². The van der Waals surface area contributed by atoms with Crippen LogP contribution in [0.1, 0.15) is 12.8 Å². The summed E-state index contributed by atoms with van der Waals surface area (Å²) < 4.78 is 42.3. The largest absolute Gasteiger partial charge is 0.385 e. The number of nitrogens with zero attached hydrogens (tertiary/aromatic N) is 1. The van der Waals surface area contributed by atoms with Crippen molar-refractivity contribution in [2.45, 2.75) is 18.9 Å². The van der Waals surface area contributed by atoms with Crippen LogP contribution in [-0.2, 0) is 14.6 Å². The van der Waals surface area contributed by atoms with Crippen molar-refractivity contribution in [1.82, 2.24) is 4.90 Å². The number of nitrogens with one attached hydrogen (secondary N) is 1. The molecule has 23 heavy (non-hydrogen) atoms. The number of methoxy groups -OCH3 is 1. The van der Waals surface area contributed by atoms with Crippen LogP contribution < -0.4 is 5.32 Å². The molecule has 1 aromatic rings. The fourth-order valence-electron chi connectivity index (χ4n) is 2.60. The molecular weight excluding hydrogens is 339 g/mol. The summed E-state index contributed by atoms with van der Waals surface area (Å²) in [4.78, 5) is 1.84. The second kappa shape index (κ2) is 8.03. The summed E-state index contributed by atoms with van der Waals surface area (Å²) in [6, 6.07) is 6.08. The van der Waals surface area contributed by atoms with E-state index in [4.69, 9.17) is 17.0 Å². The van der Waals surface area contributed by atoms with E-state index in [9.17, 15) is 12.8 Å². The molecule has 0 aromatic heterocycles. The van der Waals surface area contributed by atoms with E-state index in [0.29, 0.717) is 31.1 Å². The first-order valence-corrected chi connectivity index (χ1v) is 9.67. The van der Waals surface area contributed by atoms with Crippen molar-refractivity contribution < 1.29 is 17.5 Å². The average Bonchev–Trinajstić information content (AvgIpc) is 2.86. The topological polar surface area (TPSA) is 58.6 Å². The summed E-state index contributed by atoms with van der Waals surface area (Å²) in [6.07, 6.45) is 1.25. The third kappa shape index (κ3) is 5.12. The molecule has 1 heterocycles. The van der Waals surface area contributed by atoms with Gasteiger partial charge >= 0.3 is 0 Å². The molecular formula is C15H21FN2O3S2. The molecule has 1 aliphatic rings. The normalized spacial score (nSPS) is 19.5. The van der Waals surface area contributed by atoms with Crippen LogP contribution in [0.5, 0.6) is 0 Å². The highest BCUT2D eigenvalue weighted by molar-refractivity contribution is 7.91. The lowest BCUT2D eigenvalue weighted by molar-refractivity contribution is 0.181. The number of hydrogen-bond donors (Lipinski definition) is 1. The molecule has 2 rings (SSSR count). The molecule has 1 fully saturated rings. The molecule has 0 saturated carbocycles. The number of ether oxygens (including phenoxy) is 1. The minimum atomic E-state index is -3.02. The van der Waals surface area contributed by atoms with Crippen molar-refractivity contribution in [3.05, 3.63) is 30.1 Å². The summed E-state index contributed by atoms with van der Waals surface area (Å²) in [6.45, 7) is 1.12. The van der Waals surface area contributed by atoms with Gasteiger partial charge in [0, 0.05) is 26.3 Å². The number of anilines is 1. The van der Waals surface area contributed by atoms with E-state index in [1.54, 1.807) is 25.3 Å². The predicted octanol–water partition coefficient (Wildman–Crippen LogP) is 2.05. The Balaban J connectivity index is 2.09. The molecule has 8 heteroatoms. The zero-order valence-electron chi connectivity index (χ0n) is 13.0. The molecule has 0 aliphatic carbocycles. The quantitative estimate of drug-likeness (QED) is 0.619. The second-order valence-corrected chi connectivity index (χ2v) is 8.12. The Kier molecular flexibility index (Phi) is 6.32. The average molecular weight is 360 g/mol. The van der Waals surface area contributed by atoms with Gasteiger partial charge < -0.3 is 15.0 Å². The minimum Gasteiger partial charge on any atom is -0.385 e. The van der Waals surface area contributed by atoms with E-state index >= 15 is 0 Å². The smallest absolute Gasteiger partial charge is 0.173 e. The van der Waals surface area contributed by atoms with Gasteiger partial charge in [-0.05, 0) is 37.2 Å². The Morgan fingerprint density at radius 3 is 2.83 bits per heavy atom. The second-order valence-electron chi connectivity index (χ2n) is 5.51. The maximum Gasteiger partial charge on any atom is 0.173 e. The highest BCUT2D eigenvalue weighted by Crippen LogP contribution is 2.20. The van der Waals surface area contributed by atoms with E-state index in [2.05, 4.69) is 5.32 Å². The SMILES string of the molecule is COCCCN(C(=S)Nc1ccccc1F)[C@H]1CCS(=O)(=O)C1. The summed E-state index contributed by atoms with van der Waals surface area (Å²) in [5.74, 6) is -0.148. The predicted molar refractivity (Wildman–Crippen MR) is 92.9 cm³/mol. The molecule has 0 radical (unpaired) electrons.